The number of hydrogen-bond acceptors (Lipinski definition) is 3. The Labute approximate surface area is 109 Å². The van der Waals surface area contributed by atoms with Crippen molar-refractivity contribution in [3.05, 3.63) is 23.9 Å². The van der Waals surface area contributed by atoms with Crippen LogP contribution in [0.25, 0.3) is 0 Å². The summed E-state index contributed by atoms with van der Waals surface area (Å²) in [6.07, 6.45) is 8.57. The molecule has 2 aliphatic carbocycles. The third-order valence-corrected chi connectivity index (χ3v) is 5.05. The number of fused-ring (bicyclic) bond motifs is 2. The van der Waals surface area contributed by atoms with Gasteiger partial charge in [-0.25, -0.2) is 4.98 Å². The summed E-state index contributed by atoms with van der Waals surface area (Å²) in [7, 11) is 2.09. The zero-order valence-corrected chi connectivity index (χ0v) is 11.1. The molecule has 3 nitrogen and oxygen atoms in total. The number of nitrogens with zero attached hydrogens (tertiary/aromatic N) is 1. The molecule has 0 radical (unpaired) electrons. The predicted octanol–water partition coefficient (Wildman–Crippen LogP) is 2.23. The Hall–Kier alpha value is -1.09. The summed E-state index contributed by atoms with van der Waals surface area (Å²) < 4.78 is 0. The van der Waals surface area contributed by atoms with Crippen LogP contribution in [0.15, 0.2) is 18.3 Å². The van der Waals surface area contributed by atoms with Crippen LogP contribution in [-0.2, 0) is 6.42 Å². The van der Waals surface area contributed by atoms with Crippen LogP contribution in [0.1, 0.15) is 31.2 Å². The van der Waals surface area contributed by atoms with Crippen LogP contribution >= 0.6 is 0 Å². The van der Waals surface area contributed by atoms with E-state index >= 15 is 0 Å². The molecule has 0 saturated heterocycles. The predicted molar refractivity (Wildman–Crippen MR) is 74.1 cm³/mol. The summed E-state index contributed by atoms with van der Waals surface area (Å²) in [4.78, 5) is 4.19. The van der Waals surface area contributed by atoms with E-state index in [1.807, 2.05) is 6.07 Å². The average molecular weight is 245 g/mol. The maximum atomic E-state index is 5.96. The number of likely N-dealkylation sites (N-methyl/N-ethyl adjacent to an activating group) is 1. The highest BCUT2D eigenvalue weighted by atomic mass is 14.9. The standard InChI is InChI=1S/C15H23N3/c1-17-14(9-12-3-2-6-18-15(12)16)13-8-10-4-5-11(13)7-10/h2-3,6,10-11,13-14,17H,4-5,7-9H2,1H3,(H2,16,18). The van der Waals surface area contributed by atoms with Gasteiger partial charge in [0.2, 0.25) is 0 Å². The first-order chi connectivity index (χ1) is 8.78. The van der Waals surface area contributed by atoms with Gasteiger partial charge in [-0.2, -0.15) is 0 Å². The Morgan fingerprint density at radius 3 is 2.94 bits per heavy atom. The first kappa shape index (κ1) is 12.0. The van der Waals surface area contributed by atoms with Gasteiger partial charge in [-0.1, -0.05) is 12.5 Å². The maximum Gasteiger partial charge on any atom is 0.126 e. The van der Waals surface area contributed by atoms with Gasteiger partial charge < -0.3 is 11.1 Å². The number of nitrogens with two attached hydrogens (primary N) is 1. The largest absolute Gasteiger partial charge is 0.383 e. The number of anilines is 1. The molecule has 3 N–H and O–H groups in total. The average Bonchev–Trinajstić information content (AvgIpc) is 3.00. The van der Waals surface area contributed by atoms with E-state index in [4.69, 9.17) is 5.73 Å². The van der Waals surface area contributed by atoms with Gasteiger partial charge in [0.05, 0.1) is 0 Å². The molecule has 3 rings (SSSR count). The van der Waals surface area contributed by atoms with Gasteiger partial charge in [-0.15, -0.1) is 0 Å². The molecule has 0 spiro atoms. The van der Waals surface area contributed by atoms with Crippen molar-refractivity contribution in [2.24, 2.45) is 17.8 Å². The minimum atomic E-state index is 0.562. The van der Waals surface area contributed by atoms with Crippen molar-refractivity contribution in [1.29, 1.82) is 0 Å². The highest BCUT2D eigenvalue weighted by molar-refractivity contribution is 5.39. The minimum Gasteiger partial charge on any atom is -0.383 e. The third kappa shape index (κ3) is 2.12. The molecule has 1 heterocycles. The number of rotatable bonds is 4. The van der Waals surface area contributed by atoms with Gasteiger partial charge in [-0.05, 0) is 62.1 Å². The molecule has 1 aromatic heterocycles. The van der Waals surface area contributed by atoms with Crippen LogP contribution < -0.4 is 11.1 Å². The highest BCUT2D eigenvalue weighted by Crippen LogP contribution is 2.49. The van der Waals surface area contributed by atoms with Crippen LogP contribution in [0.5, 0.6) is 0 Å². The Morgan fingerprint density at radius 2 is 2.33 bits per heavy atom. The van der Waals surface area contributed by atoms with E-state index in [9.17, 15) is 0 Å². The quantitative estimate of drug-likeness (QED) is 0.855. The minimum absolute atomic E-state index is 0.562. The molecule has 0 amide bonds. The Bertz CT molecular complexity index is 418. The van der Waals surface area contributed by atoms with E-state index in [1.165, 1.54) is 31.2 Å². The normalized spacial score (nSPS) is 31.7. The van der Waals surface area contributed by atoms with E-state index < -0.39 is 0 Å². The fourth-order valence-corrected chi connectivity index (χ4v) is 4.11. The fraction of sp³-hybridized carbons (Fsp3) is 0.667. The summed E-state index contributed by atoms with van der Waals surface area (Å²) in [5, 5.41) is 3.52. The lowest BCUT2D eigenvalue weighted by Crippen LogP contribution is -2.38. The van der Waals surface area contributed by atoms with Crippen LogP contribution in [0, 0.1) is 17.8 Å². The van der Waals surface area contributed by atoms with Crippen LogP contribution in [0.3, 0.4) is 0 Å². The van der Waals surface area contributed by atoms with Crippen LogP contribution in [0.4, 0.5) is 5.82 Å². The second-order valence-corrected chi connectivity index (χ2v) is 5.99. The molecular formula is C15H23N3. The number of pyridine rings is 1. The Kier molecular flexibility index (Phi) is 3.25. The van der Waals surface area contributed by atoms with Gasteiger partial charge in [0.1, 0.15) is 5.82 Å². The van der Waals surface area contributed by atoms with E-state index in [0.717, 1.165) is 24.2 Å². The summed E-state index contributed by atoms with van der Waals surface area (Å²) in [5.41, 5.74) is 7.15. The smallest absolute Gasteiger partial charge is 0.126 e. The second-order valence-electron chi connectivity index (χ2n) is 5.99. The summed E-state index contributed by atoms with van der Waals surface area (Å²) in [5.74, 6) is 3.49. The van der Waals surface area contributed by atoms with Gasteiger partial charge in [-0.3, -0.25) is 0 Å². The Morgan fingerprint density at radius 1 is 1.44 bits per heavy atom. The van der Waals surface area contributed by atoms with Crippen molar-refractivity contribution in [2.45, 2.75) is 38.1 Å². The molecule has 0 aliphatic heterocycles. The third-order valence-electron chi connectivity index (χ3n) is 5.05. The molecule has 98 valence electrons. The van der Waals surface area contributed by atoms with Crippen molar-refractivity contribution in [2.75, 3.05) is 12.8 Å². The molecule has 0 aromatic carbocycles. The monoisotopic (exact) mass is 245 g/mol. The molecular weight excluding hydrogens is 222 g/mol. The van der Waals surface area contributed by atoms with E-state index in [-0.39, 0.29) is 0 Å². The number of nitrogen functional groups attached to an aromatic ring is 1. The van der Waals surface area contributed by atoms with E-state index in [2.05, 4.69) is 23.4 Å². The molecule has 1 aromatic rings. The van der Waals surface area contributed by atoms with Gasteiger partial charge in [0, 0.05) is 12.2 Å². The fourth-order valence-electron chi connectivity index (χ4n) is 4.11. The first-order valence-electron chi connectivity index (χ1n) is 7.14. The summed E-state index contributed by atoms with van der Waals surface area (Å²) in [6, 6.07) is 4.66. The molecule has 4 atom stereocenters. The SMILES string of the molecule is CNC(Cc1cccnc1N)C1CC2CCC1C2. The van der Waals surface area contributed by atoms with Crippen LogP contribution in [-0.4, -0.2) is 18.1 Å². The Balaban J connectivity index is 1.72. The van der Waals surface area contributed by atoms with Gasteiger partial charge in [0.25, 0.3) is 0 Å². The van der Waals surface area contributed by atoms with Crippen molar-refractivity contribution in [1.82, 2.24) is 10.3 Å². The van der Waals surface area contributed by atoms with Crippen molar-refractivity contribution >= 4 is 5.82 Å². The second kappa shape index (κ2) is 4.88. The van der Waals surface area contributed by atoms with E-state index in [1.54, 1.807) is 6.20 Å². The van der Waals surface area contributed by atoms with Crippen LogP contribution in [0.2, 0.25) is 0 Å². The molecule has 2 aliphatic rings. The zero-order valence-electron chi connectivity index (χ0n) is 11.1. The molecule has 2 saturated carbocycles. The van der Waals surface area contributed by atoms with Crippen molar-refractivity contribution in [3.63, 3.8) is 0 Å². The van der Waals surface area contributed by atoms with Gasteiger partial charge in [0.15, 0.2) is 0 Å². The first-order valence-corrected chi connectivity index (χ1v) is 7.14. The number of hydrogen-bond donors (Lipinski definition) is 2. The molecule has 3 heteroatoms. The lowest BCUT2D eigenvalue weighted by Gasteiger charge is -2.30. The topological polar surface area (TPSA) is 50.9 Å². The molecule has 2 fully saturated rings. The molecule has 4 unspecified atom stereocenters. The number of aromatic nitrogens is 1. The lowest BCUT2D eigenvalue weighted by atomic mass is 9.81. The lowest BCUT2D eigenvalue weighted by molar-refractivity contribution is 0.255. The van der Waals surface area contributed by atoms with Gasteiger partial charge >= 0.3 is 0 Å². The highest BCUT2D eigenvalue weighted by Gasteiger charge is 2.42. The maximum absolute atomic E-state index is 5.96. The zero-order chi connectivity index (χ0) is 12.5. The molecule has 2 bridgehead atoms. The summed E-state index contributed by atoms with van der Waals surface area (Å²) >= 11 is 0. The van der Waals surface area contributed by atoms with Crippen molar-refractivity contribution in [3.8, 4) is 0 Å². The molecule has 18 heavy (non-hydrogen) atoms. The summed E-state index contributed by atoms with van der Waals surface area (Å²) in [6.45, 7) is 0. The van der Waals surface area contributed by atoms with Crippen molar-refractivity contribution < 1.29 is 0 Å². The van der Waals surface area contributed by atoms with E-state index in [0.29, 0.717) is 11.9 Å². The number of nitrogens with one attached hydrogen (secondary N) is 1.